The molecule has 1 unspecified atom stereocenters. The van der Waals surface area contributed by atoms with Crippen LogP contribution in [0.2, 0.25) is 0 Å². The van der Waals surface area contributed by atoms with Crippen LogP contribution in [0.1, 0.15) is 19.8 Å². The molecule has 1 heterocycles. The van der Waals surface area contributed by atoms with Crippen LogP contribution in [0.25, 0.3) is 0 Å². The lowest BCUT2D eigenvalue weighted by atomic mass is 9.96. The molecule has 0 aliphatic carbocycles. The van der Waals surface area contributed by atoms with E-state index >= 15 is 0 Å². The van der Waals surface area contributed by atoms with Gasteiger partial charge in [-0.3, -0.25) is 4.79 Å². The van der Waals surface area contributed by atoms with Crippen molar-refractivity contribution in [2.45, 2.75) is 19.8 Å². The van der Waals surface area contributed by atoms with Gasteiger partial charge < -0.3 is 9.80 Å². The second kappa shape index (κ2) is 4.49. The Morgan fingerprint density at radius 3 is 2.64 bits per heavy atom. The smallest absolute Gasteiger partial charge is 0.226 e. The van der Waals surface area contributed by atoms with Crippen LogP contribution in [-0.2, 0) is 4.79 Å². The van der Waals surface area contributed by atoms with Crippen LogP contribution in [0, 0.1) is 5.92 Å². The lowest BCUT2D eigenvalue weighted by Crippen LogP contribution is -2.41. The van der Waals surface area contributed by atoms with Crippen LogP contribution < -0.4 is 0 Å². The first kappa shape index (κ1) is 11.1. The van der Waals surface area contributed by atoms with Gasteiger partial charge in [-0.2, -0.15) is 0 Å². The Labute approximate surface area is 86.4 Å². The van der Waals surface area contributed by atoms with Crippen LogP contribution in [0.15, 0.2) is 12.3 Å². The standard InChI is InChI=1S/C11H20N2O/c1-9(2)13-7-5-6-10(8-13)11(14)12(3)4/h10H,1,5-8H2,2-4H3. The minimum absolute atomic E-state index is 0.162. The summed E-state index contributed by atoms with van der Waals surface area (Å²) in [7, 11) is 3.64. The lowest BCUT2D eigenvalue weighted by molar-refractivity contribution is -0.134. The molecule has 1 fully saturated rings. The van der Waals surface area contributed by atoms with Gasteiger partial charge in [0, 0.05) is 32.9 Å². The van der Waals surface area contributed by atoms with E-state index in [4.69, 9.17) is 0 Å². The molecule has 1 rings (SSSR count). The van der Waals surface area contributed by atoms with Crippen LogP contribution in [0.3, 0.4) is 0 Å². The number of carbonyl (C=O) groups excluding carboxylic acids is 1. The Kier molecular flexibility index (Phi) is 3.55. The van der Waals surface area contributed by atoms with E-state index in [1.54, 1.807) is 4.90 Å². The molecule has 0 aromatic carbocycles. The SMILES string of the molecule is C=C(C)N1CCCC(C(=O)N(C)C)C1. The van der Waals surface area contributed by atoms with Gasteiger partial charge in [-0.05, 0) is 19.8 Å². The number of nitrogens with zero attached hydrogens (tertiary/aromatic N) is 2. The van der Waals surface area contributed by atoms with E-state index in [9.17, 15) is 4.79 Å². The van der Waals surface area contributed by atoms with Gasteiger partial charge in [-0.1, -0.05) is 6.58 Å². The van der Waals surface area contributed by atoms with Gasteiger partial charge in [0.05, 0.1) is 5.92 Å². The van der Waals surface area contributed by atoms with Crippen molar-refractivity contribution >= 4 is 5.91 Å². The normalized spacial score (nSPS) is 21.9. The third-order valence-corrected chi connectivity index (χ3v) is 2.75. The topological polar surface area (TPSA) is 23.6 Å². The van der Waals surface area contributed by atoms with Crippen molar-refractivity contribution < 1.29 is 4.79 Å². The summed E-state index contributed by atoms with van der Waals surface area (Å²) in [5, 5.41) is 0. The zero-order valence-corrected chi connectivity index (χ0v) is 9.42. The van der Waals surface area contributed by atoms with Gasteiger partial charge in [0.1, 0.15) is 0 Å². The number of allylic oxidation sites excluding steroid dienone is 1. The number of hydrogen-bond donors (Lipinski definition) is 0. The van der Waals surface area contributed by atoms with E-state index in [0.717, 1.165) is 31.6 Å². The van der Waals surface area contributed by atoms with Gasteiger partial charge >= 0.3 is 0 Å². The number of carbonyl (C=O) groups is 1. The van der Waals surface area contributed by atoms with Crippen molar-refractivity contribution in [1.29, 1.82) is 0 Å². The number of likely N-dealkylation sites (tertiary alicyclic amines) is 1. The van der Waals surface area contributed by atoms with Crippen molar-refractivity contribution in [2.24, 2.45) is 5.92 Å². The summed E-state index contributed by atoms with van der Waals surface area (Å²) in [6.45, 7) is 7.81. The Morgan fingerprint density at radius 1 is 1.50 bits per heavy atom. The van der Waals surface area contributed by atoms with Crippen molar-refractivity contribution in [3.05, 3.63) is 12.3 Å². The molecule has 80 valence electrons. The summed E-state index contributed by atoms with van der Waals surface area (Å²) in [5.41, 5.74) is 1.07. The summed E-state index contributed by atoms with van der Waals surface area (Å²) >= 11 is 0. The predicted molar refractivity (Wildman–Crippen MR) is 57.8 cm³/mol. The Bertz CT molecular complexity index is 235. The number of hydrogen-bond acceptors (Lipinski definition) is 2. The highest BCUT2D eigenvalue weighted by Gasteiger charge is 2.26. The third kappa shape index (κ3) is 2.50. The second-order valence-electron chi connectivity index (χ2n) is 4.25. The average molecular weight is 196 g/mol. The molecule has 3 nitrogen and oxygen atoms in total. The molecule has 1 aliphatic rings. The zero-order valence-electron chi connectivity index (χ0n) is 9.42. The van der Waals surface area contributed by atoms with E-state index in [1.807, 2.05) is 21.0 Å². The molecule has 0 bridgehead atoms. The maximum atomic E-state index is 11.7. The maximum Gasteiger partial charge on any atom is 0.226 e. The van der Waals surface area contributed by atoms with Gasteiger partial charge in [0.25, 0.3) is 0 Å². The summed E-state index contributed by atoms with van der Waals surface area (Å²) in [6, 6.07) is 0. The van der Waals surface area contributed by atoms with Gasteiger partial charge in [-0.25, -0.2) is 0 Å². The molecular weight excluding hydrogens is 176 g/mol. The molecule has 1 saturated heterocycles. The van der Waals surface area contributed by atoms with E-state index in [0.29, 0.717) is 0 Å². The van der Waals surface area contributed by atoms with Crippen molar-refractivity contribution in [3.8, 4) is 0 Å². The van der Waals surface area contributed by atoms with Gasteiger partial charge in [-0.15, -0.1) is 0 Å². The second-order valence-corrected chi connectivity index (χ2v) is 4.25. The highest BCUT2D eigenvalue weighted by Crippen LogP contribution is 2.20. The molecule has 0 spiro atoms. The molecule has 0 aromatic heterocycles. The van der Waals surface area contributed by atoms with Crippen LogP contribution in [0.5, 0.6) is 0 Å². The molecule has 14 heavy (non-hydrogen) atoms. The number of amides is 1. The summed E-state index contributed by atoms with van der Waals surface area (Å²) in [5.74, 6) is 0.409. The third-order valence-electron chi connectivity index (χ3n) is 2.75. The van der Waals surface area contributed by atoms with E-state index in [-0.39, 0.29) is 11.8 Å². The summed E-state index contributed by atoms with van der Waals surface area (Å²) in [6.07, 6.45) is 2.11. The lowest BCUT2D eigenvalue weighted by Gasteiger charge is -2.34. The Morgan fingerprint density at radius 2 is 2.14 bits per heavy atom. The van der Waals surface area contributed by atoms with Crippen LogP contribution >= 0.6 is 0 Å². The molecule has 0 radical (unpaired) electrons. The van der Waals surface area contributed by atoms with Crippen molar-refractivity contribution in [3.63, 3.8) is 0 Å². The number of rotatable bonds is 2. The monoisotopic (exact) mass is 196 g/mol. The van der Waals surface area contributed by atoms with E-state index in [2.05, 4.69) is 11.5 Å². The average Bonchev–Trinajstić information content (AvgIpc) is 2.16. The highest BCUT2D eigenvalue weighted by atomic mass is 16.2. The quantitative estimate of drug-likeness (QED) is 0.665. The summed E-state index contributed by atoms with van der Waals surface area (Å²) in [4.78, 5) is 15.6. The highest BCUT2D eigenvalue weighted by molar-refractivity contribution is 5.78. The largest absolute Gasteiger partial charge is 0.375 e. The fraction of sp³-hybridized carbons (Fsp3) is 0.727. The van der Waals surface area contributed by atoms with Gasteiger partial charge in [0.15, 0.2) is 0 Å². The molecule has 1 aliphatic heterocycles. The van der Waals surface area contributed by atoms with E-state index in [1.165, 1.54) is 0 Å². The zero-order chi connectivity index (χ0) is 10.7. The Hall–Kier alpha value is -0.990. The Balaban J connectivity index is 2.56. The van der Waals surface area contributed by atoms with Gasteiger partial charge in [0.2, 0.25) is 5.91 Å². The fourth-order valence-electron chi connectivity index (χ4n) is 1.89. The molecule has 1 atom stereocenters. The molecular formula is C11H20N2O. The molecule has 0 N–H and O–H groups in total. The first-order valence-corrected chi connectivity index (χ1v) is 5.14. The minimum atomic E-state index is 0.162. The van der Waals surface area contributed by atoms with Crippen molar-refractivity contribution in [2.75, 3.05) is 27.2 Å². The number of piperidine rings is 1. The predicted octanol–water partition coefficient (Wildman–Crippen LogP) is 1.32. The van der Waals surface area contributed by atoms with E-state index < -0.39 is 0 Å². The van der Waals surface area contributed by atoms with Crippen molar-refractivity contribution in [1.82, 2.24) is 9.80 Å². The van der Waals surface area contributed by atoms with Crippen LogP contribution in [0.4, 0.5) is 0 Å². The molecule has 0 aromatic rings. The maximum absolute atomic E-state index is 11.7. The molecule has 0 saturated carbocycles. The fourth-order valence-corrected chi connectivity index (χ4v) is 1.89. The first-order chi connectivity index (χ1) is 6.52. The van der Waals surface area contributed by atoms with Crippen LogP contribution in [-0.4, -0.2) is 42.9 Å². The molecule has 1 amide bonds. The first-order valence-electron chi connectivity index (χ1n) is 5.14. The minimum Gasteiger partial charge on any atom is -0.375 e. The summed E-state index contributed by atoms with van der Waals surface area (Å²) < 4.78 is 0. The molecule has 3 heteroatoms.